The molecule has 1 rings (SSSR count). The van der Waals surface area contributed by atoms with E-state index in [2.05, 4.69) is 5.32 Å². The molecule has 0 radical (unpaired) electrons. The lowest BCUT2D eigenvalue weighted by Crippen LogP contribution is -2.47. The molecule has 1 atom stereocenters. The van der Waals surface area contributed by atoms with E-state index >= 15 is 0 Å². The van der Waals surface area contributed by atoms with Gasteiger partial charge in [0.05, 0.1) is 5.60 Å². The second-order valence-electron chi connectivity index (χ2n) is 5.25. The molecule has 1 aromatic carbocycles. The molecule has 2 amide bonds. The summed E-state index contributed by atoms with van der Waals surface area (Å²) in [4.78, 5) is 23.1. The number of amides is 2. The smallest absolute Gasteiger partial charge is 0.313 e. The van der Waals surface area contributed by atoms with Gasteiger partial charge in [0.25, 0.3) is 0 Å². The molecule has 0 bridgehead atoms. The summed E-state index contributed by atoms with van der Waals surface area (Å²) in [6, 6.07) is 3.06. The first-order valence-electron chi connectivity index (χ1n) is 6.40. The molecule has 7 heteroatoms. The van der Waals surface area contributed by atoms with Crippen LogP contribution < -0.4 is 10.6 Å². The van der Waals surface area contributed by atoms with Crippen molar-refractivity contribution in [2.45, 2.75) is 26.4 Å². The number of aliphatic hydroxyl groups is 1. The summed E-state index contributed by atoms with van der Waals surface area (Å²) in [6.07, 6.45) is 0. The molecular weight excluding hydrogens is 282 g/mol. The van der Waals surface area contributed by atoms with Gasteiger partial charge in [-0.1, -0.05) is 19.9 Å². The van der Waals surface area contributed by atoms with Gasteiger partial charge in [-0.3, -0.25) is 9.59 Å². The summed E-state index contributed by atoms with van der Waals surface area (Å²) in [5, 5.41) is 14.0. The molecule has 116 valence electrons. The maximum Gasteiger partial charge on any atom is 0.313 e. The minimum atomic E-state index is -1.21. The third kappa shape index (κ3) is 4.49. The average molecular weight is 300 g/mol. The zero-order valence-electron chi connectivity index (χ0n) is 12.0. The van der Waals surface area contributed by atoms with E-state index in [0.717, 1.165) is 18.2 Å². The lowest BCUT2D eigenvalue weighted by molar-refractivity contribution is -0.137. The van der Waals surface area contributed by atoms with E-state index in [4.69, 9.17) is 0 Å². The van der Waals surface area contributed by atoms with Crippen molar-refractivity contribution in [1.82, 2.24) is 5.32 Å². The van der Waals surface area contributed by atoms with Crippen molar-refractivity contribution < 1.29 is 23.5 Å². The topological polar surface area (TPSA) is 78.4 Å². The number of hydrogen-bond donors (Lipinski definition) is 3. The summed E-state index contributed by atoms with van der Waals surface area (Å²) < 4.78 is 26.7. The first-order valence-corrected chi connectivity index (χ1v) is 6.40. The van der Waals surface area contributed by atoms with Gasteiger partial charge in [0.1, 0.15) is 17.3 Å². The molecule has 5 nitrogen and oxygen atoms in total. The molecule has 1 aromatic rings. The standard InChI is InChI=1S/C14H18F2N2O3/c1-8(2)14(3,21)7-17-12(19)13(20)18-11-9(15)5-4-6-10(11)16/h4-6,8,21H,7H2,1-3H3,(H,17,19)(H,18,20). The molecule has 1 unspecified atom stereocenters. The molecule has 0 fully saturated rings. The van der Waals surface area contributed by atoms with Crippen molar-refractivity contribution >= 4 is 17.5 Å². The Bertz CT molecular complexity index is 525. The van der Waals surface area contributed by atoms with Crippen LogP contribution in [0.15, 0.2) is 18.2 Å². The summed E-state index contributed by atoms with van der Waals surface area (Å²) in [7, 11) is 0. The third-order valence-electron chi connectivity index (χ3n) is 3.26. The van der Waals surface area contributed by atoms with Gasteiger partial charge in [0, 0.05) is 6.54 Å². The fraction of sp³-hybridized carbons (Fsp3) is 0.429. The van der Waals surface area contributed by atoms with Crippen LogP contribution in [-0.2, 0) is 9.59 Å². The van der Waals surface area contributed by atoms with Crippen LogP contribution >= 0.6 is 0 Å². The van der Waals surface area contributed by atoms with Gasteiger partial charge >= 0.3 is 11.8 Å². The molecule has 0 aliphatic heterocycles. The Kier molecular flexibility index (Phi) is 5.37. The molecule has 3 N–H and O–H groups in total. The molecule has 0 aliphatic carbocycles. The van der Waals surface area contributed by atoms with E-state index in [0.29, 0.717) is 0 Å². The third-order valence-corrected chi connectivity index (χ3v) is 3.26. The SMILES string of the molecule is CC(C)C(C)(O)CNC(=O)C(=O)Nc1c(F)cccc1F. The lowest BCUT2D eigenvalue weighted by atomic mass is 9.92. The van der Waals surface area contributed by atoms with E-state index in [9.17, 15) is 23.5 Å². The van der Waals surface area contributed by atoms with E-state index in [1.54, 1.807) is 13.8 Å². The number of hydrogen-bond acceptors (Lipinski definition) is 3. The maximum atomic E-state index is 13.3. The minimum absolute atomic E-state index is 0.148. The second kappa shape index (κ2) is 6.62. The Morgan fingerprint density at radius 3 is 2.24 bits per heavy atom. The fourth-order valence-electron chi connectivity index (χ4n) is 1.33. The Morgan fingerprint density at radius 2 is 1.76 bits per heavy atom. The average Bonchev–Trinajstić information content (AvgIpc) is 2.40. The normalized spacial score (nSPS) is 13.7. The van der Waals surface area contributed by atoms with Gasteiger partial charge in [-0.05, 0) is 25.0 Å². The van der Waals surface area contributed by atoms with E-state index in [1.807, 2.05) is 5.32 Å². The number of carbonyl (C=O) groups excluding carboxylic acids is 2. The van der Waals surface area contributed by atoms with Gasteiger partial charge in [0.2, 0.25) is 0 Å². The predicted octanol–water partition coefficient (Wildman–Crippen LogP) is 1.43. The number of benzene rings is 1. The summed E-state index contributed by atoms with van der Waals surface area (Å²) in [5.41, 5.74) is -1.88. The minimum Gasteiger partial charge on any atom is -0.388 e. The van der Waals surface area contributed by atoms with E-state index < -0.39 is 34.7 Å². The number of halogens is 2. The number of carbonyl (C=O) groups is 2. The molecule has 0 spiro atoms. The van der Waals surface area contributed by atoms with Crippen molar-refractivity contribution in [2.75, 3.05) is 11.9 Å². The van der Waals surface area contributed by atoms with Crippen molar-refractivity contribution in [3.8, 4) is 0 Å². The van der Waals surface area contributed by atoms with Gasteiger partial charge in [-0.25, -0.2) is 8.78 Å². The van der Waals surface area contributed by atoms with Gasteiger partial charge in [-0.15, -0.1) is 0 Å². The van der Waals surface area contributed by atoms with Crippen LogP contribution in [0.1, 0.15) is 20.8 Å². The van der Waals surface area contributed by atoms with Crippen molar-refractivity contribution in [2.24, 2.45) is 5.92 Å². The predicted molar refractivity (Wildman–Crippen MR) is 73.5 cm³/mol. The number of anilines is 1. The number of rotatable bonds is 4. The van der Waals surface area contributed by atoms with Crippen LogP contribution in [-0.4, -0.2) is 29.1 Å². The zero-order chi connectivity index (χ0) is 16.2. The second-order valence-corrected chi connectivity index (χ2v) is 5.25. The maximum absolute atomic E-state index is 13.3. The highest BCUT2D eigenvalue weighted by Gasteiger charge is 2.27. The molecule has 0 heterocycles. The summed E-state index contributed by atoms with van der Waals surface area (Å²) >= 11 is 0. The highest BCUT2D eigenvalue weighted by molar-refractivity contribution is 6.39. The van der Waals surface area contributed by atoms with Crippen LogP contribution in [0, 0.1) is 17.6 Å². The first kappa shape index (κ1) is 17.0. The van der Waals surface area contributed by atoms with Gasteiger partial charge in [-0.2, -0.15) is 0 Å². The Balaban J connectivity index is 2.66. The van der Waals surface area contributed by atoms with Crippen LogP contribution in [0.25, 0.3) is 0 Å². The van der Waals surface area contributed by atoms with Crippen LogP contribution in [0.2, 0.25) is 0 Å². The summed E-state index contributed by atoms with van der Waals surface area (Å²) in [5.74, 6) is -4.40. The first-order chi connectivity index (χ1) is 9.65. The zero-order valence-corrected chi connectivity index (χ0v) is 12.0. The van der Waals surface area contributed by atoms with E-state index in [1.165, 1.54) is 6.92 Å². The summed E-state index contributed by atoms with van der Waals surface area (Å²) in [6.45, 7) is 4.85. The Hall–Kier alpha value is -2.02. The molecule has 0 aliphatic rings. The highest BCUT2D eigenvalue weighted by atomic mass is 19.1. The van der Waals surface area contributed by atoms with Crippen molar-refractivity contribution in [1.29, 1.82) is 0 Å². The molecule has 0 aromatic heterocycles. The Labute approximate surface area is 121 Å². The molecule has 21 heavy (non-hydrogen) atoms. The van der Waals surface area contributed by atoms with Gasteiger partial charge < -0.3 is 15.7 Å². The molecular formula is C14H18F2N2O3. The van der Waals surface area contributed by atoms with E-state index in [-0.39, 0.29) is 12.5 Å². The van der Waals surface area contributed by atoms with Crippen LogP contribution in [0.5, 0.6) is 0 Å². The quantitative estimate of drug-likeness (QED) is 0.736. The monoisotopic (exact) mass is 300 g/mol. The number of nitrogens with one attached hydrogen (secondary N) is 2. The van der Waals surface area contributed by atoms with Crippen LogP contribution in [0.4, 0.5) is 14.5 Å². The van der Waals surface area contributed by atoms with Gasteiger partial charge in [0.15, 0.2) is 0 Å². The van der Waals surface area contributed by atoms with Crippen molar-refractivity contribution in [3.05, 3.63) is 29.8 Å². The van der Waals surface area contributed by atoms with Crippen molar-refractivity contribution in [3.63, 3.8) is 0 Å². The molecule has 0 saturated carbocycles. The highest BCUT2D eigenvalue weighted by Crippen LogP contribution is 2.18. The largest absolute Gasteiger partial charge is 0.388 e. The Morgan fingerprint density at radius 1 is 1.24 bits per heavy atom. The van der Waals surface area contributed by atoms with Crippen LogP contribution in [0.3, 0.4) is 0 Å². The number of para-hydroxylation sites is 1. The molecule has 0 saturated heterocycles. The fourth-order valence-corrected chi connectivity index (χ4v) is 1.33. The lowest BCUT2D eigenvalue weighted by Gasteiger charge is -2.27.